The van der Waals surface area contributed by atoms with Crippen LogP contribution in [0.25, 0.3) is 0 Å². The molecule has 122 valence electrons. The molecule has 2 aliphatic heterocycles. The minimum absolute atomic E-state index is 0.0000550. The van der Waals surface area contributed by atoms with Crippen molar-refractivity contribution < 1.29 is 13.9 Å². The van der Waals surface area contributed by atoms with Crippen molar-refractivity contribution in [1.29, 1.82) is 0 Å². The minimum atomic E-state index is 0.0000550. The summed E-state index contributed by atoms with van der Waals surface area (Å²) in [5.41, 5.74) is 0.477. The van der Waals surface area contributed by atoms with Crippen molar-refractivity contribution in [2.24, 2.45) is 5.92 Å². The van der Waals surface area contributed by atoms with Gasteiger partial charge in [-0.1, -0.05) is 20.8 Å². The summed E-state index contributed by atoms with van der Waals surface area (Å²) >= 11 is 0. The van der Waals surface area contributed by atoms with E-state index in [2.05, 4.69) is 16.8 Å². The van der Waals surface area contributed by atoms with Crippen LogP contribution in [0.3, 0.4) is 0 Å². The van der Waals surface area contributed by atoms with Gasteiger partial charge in [-0.15, -0.1) is 0 Å². The van der Waals surface area contributed by atoms with E-state index < -0.39 is 0 Å². The lowest BCUT2D eigenvalue weighted by molar-refractivity contribution is 0.0119. The zero-order chi connectivity index (χ0) is 15.7. The number of likely N-dealkylation sites (tertiary alicyclic amines) is 1. The Hall–Kier alpha value is -1.40. The van der Waals surface area contributed by atoms with Crippen LogP contribution in [0.2, 0.25) is 0 Å². The van der Waals surface area contributed by atoms with Crippen molar-refractivity contribution in [1.82, 2.24) is 14.8 Å². The molecule has 1 amide bonds. The fourth-order valence-corrected chi connectivity index (χ4v) is 3.48. The van der Waals surface area contributed by atoms with E-state index >= 15 is 0 Å². The maximum absolute atomic E-state index is 12.8. The Kier molecular flexibility index (Phi) is 4.49. The molecule has 0 bridgehead atoms. The number of nitrogens with zero attached hydrogens (tertiary/aromatic N) is 3. The van der Waals surface area contributed by atoms with Gasteiger partial charge in [0, 0.05) is 38.1 Å². The number of amides is 1. The molecule has 2 atom stereocenters. The molecule has 0 aromatic carbocycles. The van der Waals surface area contributed by atoms with Crippen LogP contribution in [0.15, 0.2) is 10.8 Å². The zero-order valence-corrected chi connectivity index (χ0v) is 13.6. The number of hydrogen-bond donors (Lipinski definition) is 0. The average Bonchev–Trinajstić information content (AvgIpc) is 3.14. The first kappa shape index (κ1) is 15.5. The topological polar surface area (TPSA) is 58.8 Å². The van der Waals surface area contributed by atoms with E-state index in [4.69, 9.17) is 9.15 Å². The third kappa shape index (κ3) is 2.90. The summed E-state index contributed by atoms with van der Waals surface area (Å²) in [5.74, 6) is 1.32. The van der Waals surface area contributed by atoms with Crippen LogP contribution in [0.1, 0.15) is 42.9 Å². The lowest BCUT2D eigenvalue weighted by Crippen LogP contribution is -2.47. The van der Waals surface area contributed by atoms with E-state index in [1.165, 1.54) is 6.39 Å². The van der Waals surface area contributed by atoms with Gasteiger partial charge in [0.15, 0.2) is 12.1 Å². The summed E-state index contributed by atoms with van der Waals surface area (Å²) in [7, 11) is 0. The highest BCUT2D eigenvalue weighted by Gasteiger charge is 2.38. The number of carbonyl (C=O) groups is 1. The Bertz CT molecular complexity index is 522. The van der Waals surface area contributed by atoms with Crippen molar-refractivity contribution in [3.63, 3.8) is 0 Å². The first-order valence-electron chi connectivity index (χ1n) is 8.12. The van der Waals surface area contributed by atoms with Crippen LogP contribution >= 0.6 is 0 Å². The van der Waals surface area contributed by atoms with Crippen LogP contribution in [-0.2, 0) is 4.74 Å². The standard InChI is InChI=1S/C16H25N3O3/c1-11(2)15-14(17-10-22-15)16(20)19-8-12(3)13(9-19)18-4-6-21-7-5-18/h10-13H,4-9H2,1-3H3/t12-,13-/m1/s1. The van der Waals surface area contributed by atoms with Gasteiger partial charge in [-0.2, -0.15) is 0 Å². The van der Waals surface area contributed by atoms with Gasteiger partial charge in [-0.3, -0.25) is 9.69 Å². The SMILES string of the molecule is CC(C)c1ocnc1C(=O)N1C[C@@H](C)[C@H](N2CCOCC2)C1. The molecule has 0 unspecified atom stereocenters. The Labute approximate surface area is 131 Å². The lowest BCUT2D eigenvalue weighted by atomic mass is 10.0. The fraction of sp³-hybridized carbons (Fsp3) is 0.750. The van der Waals surface area contributed by atoms with Crippen LogP contribution in [-0.4, -0.2) is 66.1 Å². The summed E-state index contributed by atoms with van der Waals surface area (Å²) in [6, 6.07) is 0.419. The zero-order valence-electron chi connectivity index (χ0n) is 13.6. The summed E-state index contributed by atoms with van der Waals surface area (Å²) < 4.78 is 10.8. The fourth-order valence-electron chi connectivity index (χ4n) is 3.48. The maximum atomic E-state index is 12.8. The van der Waals surface area contributed by atoms with Gasteiger partial charge >= 0.3 is 0 Å². The third-order valence-corrected chi connectivity index (χ3v) is 4.70. The molecule has 3 rings (SSSR count). The molecule has 3 heterocycles. The quantitative estimate of drug-likeness (QED) is 0.849. The molecule has 0 radical (unpaired) electrons. The second-order valence-corrected chi connectivity index (χ2v) is 6.62. The van der Waals surface area contributed by atoms with Gasteiger partial charge in [0.05, 0.1) is 13.2 Å². The molecule has 0 aliphatic carbocycles. The van der Waals surface area contributed by atoms with Crippen molar-refractivity contribution in [2.45, 2.75) is 32.7 Å². The summed E-state index contributed by atoms with van der Waals surface area (Å²) in [6.07, 6.45) is 1.38. The van der Waals surface area contributed by atoms with Crippen molar-refractivity contribution >= 4 is 5.91 Å². The number of morpholine rings is 1. The molecule has 22 heavy (non-hydrogen) atoms. The van der Waals surface area contributed by atoms with Crippen LogP contribution in [0.4, 0.5) is 0 Å². The molecule has 2 saturated heterocycles. The van der Waals surface area contributed by atoms with Crippen molar-refractivity contribution in [3.8, 4) is 0 Å². The predicted molar refractivity (Wildman–Crippen MR) is 81.8 cm³/mol. The monoisotopic (exact) mass is 307 g/mol. The van der Waals surface area contributed by atoms with Crippen LogP contribution < -0.4 is 0 Å². The highest BCUT2D eigenvalue weighted by molar-refractivity contribution is 5.93. The summed E-state index contributed by atoms with van der Waals surface area (Å²) in [5, 5.41) is 0. The largest absolute Gasteiger partial charge is 0.447 e. The first-order valence-corrected chi connectivity index (χ1v) is 8.12. The minimum Gasteiger partial charge on any atom is -0.447 e. The van der Waals surface area contributed by atoms with Gasteiger partial charge in [0.25, 0.3) is 5.91 Å². The number of carbonyl (C=O) groups excluding carboxylic acids is 1. The Morgan fingerprint density at radius 2 is 2.05 bits per heavy atom. The van der Waals surface area contributed by atoms with Crippen molar-refractivity contribution in [3.05, 3.63) is 17.8 Å². The Morgan fingerprint density at radius 1 is 1.32 bits per heavy atom. The van der Waals surface area contributed by atoms with Crippen LogP contribution in [0, 0.1) is 5.92 Å². The number of aromatic nitrogens is 1. The molecular formula is C16H25N3O3. The average molecular weight is 307 g/mol. The highest BCUT2D eigenvalue weighted by atomic mass is 16.5. The van der Waals surface area contributed by atoms with Crippen LogP contribution in [0.5, 0.6) is 0 Å². The second kappa shape index (κ2) is 6.38. The predicted octanol–water partition coefficient (Wildman–Crippen LogP) is 1.59. The normalized spacial score (nSPS) is 26.8. The van der Waals surface area contributed by atoms with Gasteiger partial charge in [-0.25, -0.2) is 4.98 Å². The van der Waals surface area contributed by atoms with Gasteiger partial charge in [0.1, 0.15) is 5.76 Å². The summed E-state index contributed by atoms with van der Waals surface area (Å²) in [4.78, 5) is 21.3. The smallest absolute Gasteiger partial charge is 0.276 e. The van der Waals surface area contributed by atoms with Gasteiger partial charge < -0.3 is 14.1 Å². The van der Waals surface area contributed by atoms with Gasteiger partial charge in [0.2, 0.25) is 0 Å². The Morgan fingerprint density at radius 3 is 2.73 bits per heavy atom. The molecule has 0 spiro atoms. The molecule has 6 heteroatoms. The third-order valence-electron chi connectivity index (χ3n) is 4.70. The summed E-state index contributed by atoms with van der Waals surface area (Å²) in [6.45, 7) is 11.3. The number of oxazole rings is 1. The van der Waals surface area contributed by atoms with E-state index in [1.54, 1.807) is 0 Å². The van der Waals surface area contributed by atoms with Crippen molar-refractivity contribution in [2.75, 3.05) is 39.4 Å². The van der Waals surface area contributed by atoms with E-state index in [1.807, 2.05) is 18.7 Å². The molecule has 2 fully saturated rings. The number of ether oxygens (including phenoxy) is 1. The van der Waals surface area contributed by atoms with E-state index in [0.717, 1.165) is 39.4 Å². The highest BCUT2D eigenvalue weighted by Crippen LogP contribution is 2.26. The molecular weight excluding hydrogens is 282 g/mol. The molecule has 0 N–H and O–H groups in total. The van der Waals surface area contributed by atoms with E-state index in [-0.39, 0.29) is 11.8 Å². The van der Waals surface area contributed by atoms with E-state index in [0.29, 0.717) is 23.4 Å². The second-order valence-electron chi connectivity index (χ2n) is 6.62. The van der Waals surface area contributed by atoms with E-state index in [9.17, 15) is 4.79 Å². The molecule has 2 aliphatic rings. The number of rotatable bonds is 3. The molecule has 6 nitrogen and oxygen atoms in total. The molecule has 1 aromatic rings. The molecule has 0 saturated carbocycles. The molecule has 1 aromatic heterocycles. The maximum Gasteiger partial charge on any atom is 0.276 e. The first-order chi connectivity index (χ1) is 10.6. The lowest BCUT2D eigenvalue weighted by Gasteiger charge is -2.33. The Balaban J connectivity index is 1.70. The number of hydrogen-bond acceptors (Lipinski definition) is 5. The van der Waals surface area contributed by atoms with Gasteiger partial charge in [-0.05, 0) is 5.92 Å².